The molecule has 1 fully saturated rings. The van der Waals surface area contributed by atoms with Gasteiger partial charge in [0, 0.05) is 18.8 Å². The Balaban J connectivity index is 1.41. The fourth-order valence-electron chi connectivity index (χ4n) is 3.48. The van der Waals surface area contributed by atoms with Gasteiger partial charge >= 0.3 is 6.18 Å². The molecule has 7 nitrogen and oxygen atoms in total. The van der Waals surface area contributed by atoms with E-state index in [0.29, 0.717) is 23.7 Å². The number of thiophene rings is 1. The molecule has 3 heterocycles. The van der Waals surface area contributed by atoms with Crippen LogP contribution in [0.1, 0.15) is 25.0 Å². The number of nitrogens with one attached hydrogen (secondary N) is 1. The van der Waals surface area contributed by atoms with Crippen molar-refractivity contribution in [3.05, 3.63) is 53.5 Å². The van der Waals surface area contributed by atoms with E-state index in [1.54, 1.807) is 17.5 Å². The summed E-state index contributed by atoms with van der Waals surface area (Å²) in [5, 5.41) is 4.18. The van der Waals surface area contributed by atoms with Crippen LogP contribution in [0.25, 0.3) is 10.6 Å². The SMILES string of the molecule is O=C(CSc1nc(-c2cccs2)cc(C(F)(F)F)n1)Nc1ccc(S(=O)(=O)N2CCCCC2)cc1. The van der Waals surface area contributed by atoms with Crippen molar-refractivity contribution < 1.29 is 26.4 Å². The normalized spacial score (nSPS) is 15.2. The third-order valence-corrected chi connectivity index (χ3v) is 8.85. The number of aromatic nitrogens is 2. The zero-order valence-electron chi connectivity index (χ0n) is 18.3. The number of rotatable bonds is 7. The number of piperidine rings is 1. The van der Waals surface area contributed by atoms with Crippen LogP contribution in [0.5, 0.6) is 0 Å². The second kappa shape index (κ2) is 10.6. The van der Waals surface area contributed by atoms with E-state index < -0.39 is 27.8 Å². The number of alkyl halides is 3. The Morgan fingerprint density at radius 2 is 1.80 bits per heavy atom. The second-order valence-electron chi connectivity index (χ2n) is 7.72. The number of amides is 1. The van der Waals surface area contributed by atoms with E-state index in [0.717, 1.165) is 37.1 Å². The van der Waals surface area contributed by atoms with Crippen molar-refractivity contribution in [2.75, 3.05) is 24.2 Å². The fourth-order valence-corrected chi connectivity index (χ4v) is 6.34. The zero-order valence-corrected chi connectivity index (χ0v) is 20.7. The van der Waals surface area contributed by atoms with E-state index in [9.17, 15) is 26.4 Å². The number of benzene rings is 1. The van der Waals surface area contributed by atoms with E-state index in [-0.39, 0.29) is 21.5 Å². The van der Waals surface area contributed by atoms with Crippen molar-refractivity contribution in [3.8, 4) is 10.6 Å². The van der Waals surface area contributed by atoms with E-state index in [1.807, 2.05) is 0 Å². The molecule has 1 saturated heterocycles. The Bertz CT molecular complexity index is 1280. The van der Waals surface area contributed by atoms with Gasteiger partial charge < -0.3 is 5.32 Å². The molecule has 0 spiro atoms. The standard InChI is InChI=1S/C22H21F3N4O3S3/c23-22(24,25)19-13-17(18-5-4-12-33-18)27-21(28-19)34-14-20(30)26-15-6-8-16(9-7-15)35(31,32)29-10-2-1-3-11-29/h4-9,12-13H,1-3,10-11,14H2,(H,26,30). The Morgan fingerprint density at radius 1 is 1.09 bits per heavy atom. The van der Waals surface area contributed by atoms with Gasteiger partial charge in [-0.1, -0.05) is 24.2 Å². The number of hydrogen-bond acceptors (Lipinski definition) is 7. The summed E-state index contributed by atoms with van der Waals surface area (Å²) >= 11 is 2.03. The van der Waals surface area contributed by atoms with Gasteiger partial charge in [-0.2, -0.15) is 17.5 Å². The highest BCUT2D eigenvalue weighted by molar-refractivity contribution is 7.99. The minimum atomic E-state index is -4.65. The summed E-state index contributed by atoms with van der Waals surface area (Å²) in [5.74, 6) is -0.709. The van der Waals surface area contributed by atoms with Crippen LogP contribution in [0.4, 0.5) is 18.9 Å². The number of carbonyl (C=O) groups is 1. The lowest BCUT2D eigenvalue weighted by molar-refractivity contribution is -0.141. The minimum absolute atomic E-state index is 0.135. The van der Waals surface area contributed by atoms with Gasteiger partial charge in [0.1, 0.15) is 5.69 Å². The molecule has 0 unspecified atom stereocenters. The maximum absolute atomic E-state index is 13.3. The monoisotopic (exact) mass is 542 g/mol. The number of anilines is 1. The van der Waals surface area contributed by atoms with Crippen LogP contribution in [0.15, 0.2) is 57.9 Å². The smallest absolute Gasteiger partial charge is 0.325 e. The maximum atomic E-state index is 13.3. The van der Waals surface area contributed by atoms with Gasteiger partial charge in [-0.15, -0.1) is 11.3 Å². The van der Waals surface area contributed by atoms with Crippen LogP contribution in [-0.2, 0) is 21.0 Å². The molecular formula is C22H21F3N4O3S3. The molecule has 1 aliphatic rings. The summed E-state index contributed by atoms with van der Waals surface area (Å²) in [4.78, 5) is 20.8. The molecule has 4 rings (SSSR count). The summed E-state index contributed by atoms with van der Waals surface area (Å²) in [6, 6.07) is 10.1. The minimum Gasteiger partial charge on any atom is -0.325 e. The van der Waals surface area contributed by atoms with E-state index >= 15 is 0 Å². The second-order valence-corrected chi connectivity index (χ2v) is 11.6. The quantitative estimate of drug-likeness (QED) is 0.329. The highest BCUT2D eigenvalue weighted by Crippen LogP contribution is 2.33. The van der Waals surface area contributed by atoms with Crippen LogP contribution < -0.4 is 5.32 Å². The highest BCUT2D eigenvalue weighted by atomic mass is 32.2. The van der Waals surface area contributed by atoms with Gasteiger partial charge in [0.2, 0.25) is 15.9 Å². The summed E-state index contributed by atoms with van der Waals surface area (Å²) in [5.41, 5.74) is -0.572. The first-order valence-corrected chi connectivity index (χ1v) is 14.0. The molecule has 1 amide bonds. The lowest BCUT2D eigenvalue weighted by Crippen LogP contribution is -2.35. The largest absolute Gasteiger partial charge is 0.433 e. The van der Waals surface area contributed by atoms with Gasteiger partial charge in [0.15, 0.2) is 5.16 Å². The Morgan fingerprint density at radius 3 is 2.43 bits per heavy atom. The molecule has 0 aliphatic carbocycles. The molecule has 1 aliphatic heterocycles. The molecule has 0 bridgehead atoms. The first-order valence-electron chi connectivity index (χ1n) is 10.7. The third kappa shape index (κ3) is 6.40. The molecule has 0 atom stereocenters. The number of thioether (sulfide) groups is 1. The predicted molar refractivity (Wildman–Crippen MR) is 129 cm³/mol. The number of nitrogens with zero attached hydrogens (tertiary/aromatic N) is 3. The molecule has 13 heteroatoms. The zero-order chi connectivity index (χ0) is 25.1. The number of hydrogen-bond donors (Lipinski definition) is 1. The van der Waals surface area contributed by atoms with Crippen LogP contribution in [0, 0.1) is 0 Å². The molecule has 1 aromatic carbocycles. The highest BCUT2D eigenvalue weighted by Gasteiger charge is 2.34. The average Bonchev–Trinajstić information content (AvgIpc) is 3.38. The Labute approximate surface area is 208 Å². The number of carbonyl (C=O) groups excluding carboxylic acids is 1. The van der Waals surface area contributed by atoms with E-state index in [4.69, 9.17) is 0 Å². The van der Waals surface area contributed by atoms with Crippen LogP contribution in [0.3, 0.4) is 0 Å². The molecular weight excluding hydrogens is 521 g/mol. The van der Waals surface area contributed by atoms with E-state index in [2.05, 4.69) is 15.3 Å². The van der Waals surface area contributed by atoms with Crippen LogP contribution >= 0.6 is 23.1 Å². The lowest BCUT2D eigenvalue weighted by Gasteiger charge is -2.25. The summed E-state index contributed by atoms with van der Waals surface area (Å²) in [6.07, 6.45) is -1.98. The van der Waals surface area contributed by atoms with Crippen molar-refractivity contribution in [2.45, 2.75) is 35.5 Å². The predicted octanol–water partition coefficient (Wildman–Crippen LogP) is 5.13. The van der Waals surface area contributed by atoms with Gasteiger partial charge in [0.25, 0.3) is 0 Å². The van der Waals surface area contributed by atoms with Crippen molar-refractivity contribution in [3.63, 3.8) is 0 Å². The number of halogens is 3. The fraction of sp³-hybridized carbons (Fsp3) is 0.318. The Hall–Kier alpha value is -2.48. The summed E-state index contributed by atoms with van der Waals surface area (Å²) < 4.78 is 66.8. The molecule has 0 saturated carbocycles. The van der Waals surface area contributed by atoms with Crippen molar-refractivity contribution in [1.29, 1.82) is 0 Å². The molecule has 0 radical (unpaired) electrons. The van der Waals surface area contributed by atoms with E-state index in [1.165, 1.54) is 39.9 Å². The van der Waals surface area contributed by atoms with Crippen LogP contribution in [0.2, 0.25) is 0 Å². The van der Waals surface area contributed by atoms with Gasteiger partial charge in [-0.25, -0.2) is 18.4 Å². The first-order chi connectivity index (χ1) is 16.6. The van der Waals surface area contributed by atoms with Gasteiger partial charge in [-0.05, 0) is 54.6 Å². The number of sulfonamides is 1. The molecule has 3 aromatic rings. The third-order valence-electron chi connectivity index (χ3n) is 5.19. The first kappa shape index (κ1) is 25.6. The van der Waals surface area contributed by atoms with Crippen molar-refractivity contribution in [1.82, 2.24) is 14.3 Å². The average molecular weight is 543 g/mol. The Kier molecular flexibility index (Phi) is 7.79. The van der Waals surface area contributed by atoms with Gasteiger partial charge in [-0.3, -0.25) is 4.79 Å². The summed E-state index contributed by atoms with van der Waals surface area (Å²) in [7, 11) is -3.58. The molecule has 2 aromatic heterocycles. The van der Waals surface area contributed by atoms with Gasteiger partial charge in [0.05, 0.1) is 21.2 Å². The molecule has 186 valence electrons. The maximum Gasteiger partial charge on any atom is 0.433 e. The topological polar surface area (TPSA) is 92.3 Å². The van der Waals surface area contributed by atoms with Crippen molar-refractivity contribution >= 4 is 44.7 Å². The lowest BCUT2D eigenvalue weighted by atomic mass is 10.2. The summed E-state index contributed by atoms with van der Waals surface area (Å²) in [6.45, 7) is 0.980. The van der Waals surface area contributed by atoms with Crippen molar-refractivity contribution in [2.24, 2.45) is 0 Å². The molecule has 35 heavy (non-hydrogen) atoms. The molecule has 1 N–H and O–H groups in total. The van der Waals surface area contributed by atoms with Crippen LogP contribution in [-0.4, -0.2) is 47.4 Å².